The number of imidazole rings is 1. The van der Waals surface area contributed by atoms with Gasteiger partial charge in [0.2, 0.25) is 6.29 Å². The fourth-order valence-corrected chi connectivity index (χ4v) is 3.63. The van der Waals surface area contributed by atoms with E-state index >= 15 is 0 Å². The molecule has 1 aliphatic rings. The first-order valence-corrected chi connectivity index (χ1v) is 10.5. The Morgan fingerprint density at radius 2 is 1.93 bits per heavy atom. The fraction of sp³-hybridized carbons (Fsp3) is 0.353. The third-order valence-corrected chi connectivity index (χ3v) is 5.06. The SMILES string of the molecule is NS(=O)(=O)O[C@H]1O[C@@H](n2cnc3c(NCCc4ccccc4)ncnc32)[C@H](O)[C@@H]1O. The molecule has 1 fully saturated rings. The lowest BCUT2D eigenvalue weighted by molar-refractivity contribution is -0.122. The number of ether oxygens (including phenoxy) is 1. The largest absolute Gasteiger partial charge is 0.385 e. The van der Waals surface area contributed by atoms with Crippen LogP contribution < -0.4 is 10.5 Å². The molecule has 0 spiro atoms. The van der Waals surface area contributed by atoms with Crippen LogP contribution >= 0.6 is 0 Å². The van der Waals surface area contributed by atoms with E-state index < -0.39 is 35.0 Å². The van der Waals surface area contributed by atoms with E-state index in [0.717, 1.165) is 12.0 Å². The van der Waals surface area contributed by atoms with Crippen molar-refractivity contribution in [3.8, 4) is 0 Å². The van der Waals surface area contributed by atoms with Gasteiger partial charge in [-0.25, -0.2) is 24.3 Å². The van der Waals surface area contributed by atoms with Crippen LogP contribution in [0.4, 0.5) is 5.82 Å². The molecule has 0 bridgehead atoms. The number of aliphatic hydroxyl groups is 2. The van der Waals surface area contributed by atoms with E-state index in [1.165, 1.54) is 17.2 Å². The van der Waals surface area contributed by atoms with Crippen molar-refractivity contribution in [1.82, 2.24) is 19.5 Å². The molecule has 1 aliphatic heterocycles. The normalized spacial score (nSPS) is 24.4. The Balaban J connectivity index is 1.53. The molecule has 0 unspecified atom stereocenters. The summed E-state index contributed by atoms with van der Waals surface area (Å²) in [5, 5.41) is 28.4. The highest BCUT2D eigenvalue weighted by Crippen LogP contribution is 2.33. The molecule has 1 saturated heterocycles. The molecular formula is C17H20N6O6S. The molecule has 0 saturated carbocycles. The van der Waals surface area contributed by atoms with Gasteiger partial charge in [-0.05, 0) is 12.0 Å². The van der Waals surface area contributed by atoms with Crippen LogP contribution in [0.2, 0.25) is 0 Å². The van der Waals surface area contributed by atoms with Crippen molar-refractivity contribution in [2.24, 2.45) is 5.14 Å². The first kappa shape index (κ1) is 20.6. The summed E-state index contributed by atoms with van der Waals surface area (Å²) in [6.45, 7) is 0.606. The molecule has 2 aromatic heterocycles. The average Bonchev–Trinajstić information content (AvgIpc) is 3.25. The molecule has 5 N–H and O–H groups in total. The minimum atomic E-state index is -4.40. The molecule has 30 heavy (non-hydrogen) atoms. The summed E-state index contributed by atoms with van der Waals surface area (Å²) in [5.74, 6) is 0.486. The van der Waals surface area contributed by atoms with Crippen molar-refractivity contribution >= 4 is 27.3 Å². The zero-order valence-corrected chi connectivity index (χ0v) is 16.4. The maximum atomic E-state index is 11.1. The molecule has 1 aromatic carbocycles. The third kappa shape index (κ3) is 4.26. The molecule has 13 heteroatoms. The minimum Gasteiger partial charge on any atom is -0.385 e. The maximum absolute atomic E-state index is 11.1. The number of fused-ring (bicyclic) bond motifs is 1. The Hall–Kier alpha value is -2.68. The Bertz CT molecular complexity index is 1120. The van der Waals surface area contributed by atoms with Gasteiger partial charge < -0.3 is 20.3 Å². The summed E-state index contributed by atoms with van der Waals surface area (Å²) in [6.07, 6.45) is -2.56. The molecule has 0 radical (unpaired) electrons. The van der Waals surface area contributed by atoms with Crippen LogP contribution in [0.25, 0.3) is 11.2 Å². The van der Waals surface area contributed by atoms with Crippen LogP contribution in [-0.2, 0) is 25.6 Å². The zero-order valence-electron chi connectivity index (χ0n) is 15.6. The molecule has 3 heterocycles. The number of nitrogens with two attached hydrogens (primary N) is 1. The lowest BCUT2D eigenvalue weighted by Gasteiger charge is -2.16. The Morgan fingerprint density at radius 1 is 1.17 bits per heavy atom. The Kier molecular flexibility index (Phi) is 5.64. The summed E-state index contributed by atoms with van der Waals surface area (Å²) < 4.78 is 33.4. The second kappa shape index (κ2) is 8.22. The minimum absolute atomic E-state index is 0.319. The van der Waals surface area contributed by atoms with Gasteiger partial charge in [0, 0.05) is 6.54 Å². The molecular weight excluding hydrogens is 416 g/mol. The highest BCUT2D eigenvalue weighted by atomic mass is 32.2. The number of hydrogen-bond donors (Lipinski definition) is 4. The van der Waals surface area contributed by atoms with Gasteiger partial charge in [-0.1, -0.05) is 30.3 Å². The van der Waals surface area contributed by atoms with Crippen molar-refractivity contribution in [1.29, 1.82) is 0 Å². The maximum Gasteiger partial charge on any atom is 0.335 e. The number of benzene rings is 1. The quantitative estimate of drug-likeness (QED) is 0.370. The van der Waals surface area contributed by atoms with Gasteiger partial charge in [-0.2, -0.15) is 8.42 Å². The summed E-state index contributed by atoms with van der Waals surface area (Å²) in [6, 6.07) is 9.93. The van der Waals surface area contributed by atoms with Gasteiger partial charge in [0.1, 0.15) is 18.5 Å². The number of anilines is 1. The predicted molar refractivity (Wildman–Crippen MR) is 104 cm³/mol. The predicted octanol–water partition coefficient (Wildman–Crippen LogP) is -0.722. The summed E-state index contributed by atoms with van der Waals surface area (Å²) in [7, 11) is -4.40. The van der Waals surface area contributed by atoms with E-state index in [-0.39, 0.29) is 0 Å². The van der Waals surface area contributed by atoms with E-state index in [2.05, 4.69) is 24.5 Å². The first-order valence-electron chi connectivity index (χ1n) is 9.01. The standard InChI is InChI=1S/C17H20N6O6S/c18-30(26,27)29-17-13(25)12(24)16(28-17)23-9-22-11-14(20-8-21-15(11)23)19-7-6-10-4-2-1-3-5-10/h1-5,8-9,12-13,16-17,24-25H,6-7H2,(H2,18,26,27)(H,19,20,21)/t12-,13+,16-,17-/m1/s1. The van der Waals surface area contributed by atoms with Gasteiger partial charge >= 0.3 is 10.3 Å². The molecule has 0 amide bonds. The molecule has 3 aromatic rings. The number of aliphatic hydroxyl groups excluding tert-OH is 2. The number of hydrogen-bond acceptors (Lipinski definition) is 10. The smallest absolute Gasteiger partial charge is 0.335 e. The lowest BCUT2D eigenvalue weighted by Crippen LogP contribution is -2.35. The third-order valence-electron chi connectivity index (χ3n) is 4.61. The molecule has 4 rings (SSSR count). The van der Waals surface area contributed by atoms with Gasteiger partial charge in [0.05, 0.1) is 6.33 Å². The number of aromatic nitrogens is 4. The van der Waals surface area contributed by atoms with E-state index in [4.69, 9.17) is 9.88 Å². The average molecular weight is 436 g/mol. The second-order valence-electron chi connectivity index (χ2n) is 6.67. The van der Waals surface area contributed by atoms with Crippen molar-refractivity contribution in [2.45, 2.75) is 31.1 Å². The monoisotopic (exact) mass is 436 g/mol. The Morgan fingerprint density at radius 3 is 2.67 bits per heavy atom. The van der Waals surface area contributed by atoms with E-state index in [9.17, 15) is 18.6 Å². The van der Waals surface area contributed by atoms with Gasteiger partial charge in [0.15, 0.2) is 23.2 Å². The summed E-state index contributed by atoms with van der Waals surface area (Å²) >= 11 is 0. The van der Waals surface area contributed by atoms with Gasteiger partial charge in [0.25, 0.3) is 0 Å². The highest BCUT2D eigenvalue weighted by molar-refractivity contribution is 7.84. The van der Waals surface area contributed by atoms with Gasteiger partial charge in [-0.3, -0.25) is 4.57 Å². The second-order valence-corrected chi connectivity index (χ2v) is 7.85. The van der Waals surface area contributed by atoms with Crippen LogP contribution in [0, 0.1) is 0 Å². The zero-order chi connectivity index (χ0) is 21.3. The number of nitrogens with zero attached hydrogens (tertiary/aromatic N) is 4. The van der Waals surface area contributed by atoms with Crippen LogP contribution in [0.15, 0.2) is 43.0 Å². The molecule has 4 atom stereocenters. The fourth-order valence-electron chi connectivity index (χ4n) is 3.21. The number of rotatable bonds is 7. The van der Waals surface area contributed by atoms with Crippen molar-refractivity contribution < 1.29 is 27.6 Å². The van der Waals surface area contributed by atoms with Crippen LogP contribution in [0.5, 0.6) is 0 Å². The summed E-state index contributed by atoms with van der Waals surface area (Å²) in [4.78, 5) is 12.6. The highest BCUT2D eigenvalue weighted by Gasteiger charge is 2.46. The van der Waals surface area contributed by atoms with Crippen LogP contribution in [-0.4, -0.2) is 63.2 Å². The first-order chi connectivity index (χ1) is 14.3. The number of nitrogens with one attached hydrogen (secondary N) is 1. The molecule has 12 nitrogen and oxygen atoms in total. The lowest BCUT2D eigenvalue weighted by atomic mass is 10.1. The van der Waals surface area contributed by atoms with Crippen LogP contribution in [0.3, 0.4) is 0 Å². The Labute approximate surface area is 171 Å². The summed E-state index contributed by atoms with van der Waals surface area (Å²) in [5.41, 5.74) is 1.91. The molecule has 0 aliphatic carbocycles. The van der Waals surface area contributed by atoms with Crippen LogP contribution in [0.1, 0.15) is 11.8 Å². The van der Waals surface area contributed by atoms with Crippen molar-refractivity contribution in [2.75, 3.05) is 11.9 Å². The topological polar surface area (TPSA) is 175 Å². The van der Waals surface area contributed by atoms with Crippen molar-refractivity contribution in [3.05, 3.63) is 48.5 Å². The van der Waals surface area contributed by atoms with Gasteiger partial charge in [-0.15, -0.1) is 0 Å². The van der Waals surface area contributed by atoms with E-state index in [1.807, 2.05) is 30.3 Å². The van der Waals surface area contributed by atoms with Crippen molar-refractivity contribution in [3.63, 3.8) is 0 Å². The molecule has 160 valence electrons. The van der Waals surface area contributed by atoms with E-state index in [1.54, 1.807) is 0 Å². The van der Waals surface area contributed by atoms with E-state index in [0.29, 0.717) is 23.5 Å².